The fourth-order valence-corrected chi connectivity index (χ4v) is 2.33. The number of alkyl halides is 6. The molecule has 0 atom stereocenters. The van der Waals surface area contributed by atoms with E-state index >= 15 is 0 Å². The smallest absolute Gasteiger partial charge is 0.369 e. The molecule has 0 radical (unpaired) electrons. The van der Waals surface area contributed by atoms with Gasteiger partial charge in [-0.3, -0.25) is 14.9 Å². The molecule has 2 aromatic carbocycles. The number of amides is 2. The molecule has 0 fully saturated rings. The van der Waals surface area contributed by atoms with Gasteiger partial charge in [-0.2, -0.15) is 31.3 Å². The van der Waals surface area contributed by atoms with Gasteiger partial charge in [-0.15, -0.1) is 0 Å². The van der Waals surface area contributed by atoms with Crippen LogP contribution in [0.15, 0.2) is 65.7 Å². The lowest BCUT2D eigenvalue weighted by Crippen LogP contribution is -2.36. The molecule has 168 valence electrons. The maximum atomic E-state index is 12.7. The van der Waals surface area contributed by atoms with Gasteiger partial charge >= 0.3 is 12.4 Å². The first-order valence-electron chi connectivity index (χ1n) is 8.74. The average Bonchev–Trinajstić information content (AvgIpc) is 2.70. The number of benzene rings is 2. The minimum Gasteiger partial charge on any atom is -0.369 e. The van der Waals surface area contributed by atoms with Gasteiger partial charge in [0, 0.05) is 12.2 Å². The van der Waals surface area contributed by atoms with Crippen LogP contribution < -0.4 is 11.1 Å². The Bertz CT molecular complexity index is 1090. The van der Waals surface area contributed by atoms with Gasteiger partial charge in [0.25, 0.3) is 11.8 Å². The Labute approximate surface area is 177 Å². The van der Waals surface area contributed by atoms with Crippen molar-refractivity contribution in [1.29, 1.82) is 0 Å². The topological polar surface area (TPSA) is 84.5 Å². The molecule has 2 rings (SSSR count). The molecule has 0 unspecified atom stereocenters. The highest BCUT2D eigenvalue weighted by molar-refractivity contribution is 6.08. The van der Waals surface area contributed by atoms with E-state index in [0.717, 1.165) is 48.6 Å². The van der Waals surface area contributed by atoms with Crippen molar-refractivity contribution in [2.75, 3.05) is 0 Å². The Morgan fingerprint density at radius 3 is 1.75 bits per heavy atom. The van der Waals surface area contributed by atoms with E-state index in [-0.39, 0.29) is 11.1 Å². The molecule has 0 bridgehead atoms. The van der Waals surface area contributed by atoms with E-state index < -0.39 is 41.3 Å². The zero-order valence-corrected chi connectivity index (χ0v) is 16.0. The summed E-state index contributed by atoms with van der Waals surface area (Å²) in [5.41, 5.74) is 3.82. The van der Waals surface area contributed by atoms with E-state index in [1.54, 1.807) is 0 Å². The lowest BCUT2D eigenvalue weighted by atomic mass is 10.1. The van der Waals surface area contributed by atoms with Gasteiger partial charge in [-0.05, 0) is 47.5 Å². The molecule has 0 aliphatic heterocycles. The number of nitrogens with two attached hydrogens (primary N) is 1. The Kier molecular flexibility index (Phi) is 7.58. The number of halogens is 6. The van der Waals surface area contributed by atoms with Crippen molar-refractivity contribution in [1.82, 2.24) is 5.32 Å². The van der Waals surface area contributed by atoms with Gasteiger partial charge in [0.1, 0.15) is 0 Å². The molecular formula is C21H15F6N3O2. The van der Waals surface area contributed by atoms with Gasteiger partial charge in [0.2, 0.25) is 5.96 Å². The van der Waals surface area contributed by atoms with Gasteiger partial charge in [0.15, 0.2) is 0 Å². The van der Waals surface area contributed by atoms with Gasteiger partial charge < -0.3 is 5.73 Å². The number of hydrogen-bond donors (Lipinski definition) is 2. The number of guanidine groups is 1. The summed E-state index contributed by atoms with van der Waals surface area (Å²) < 4.78 is 76.1. The lowest BCUT2D eigenvalue weighted by Gasteiger charge is -2.06. The quantitative estimate of drug-likeness (QED) is 0.310. The van der Waals surface area contributed by atoms with Crippen LogP contribution in [0.25, 0.3) is 12.2 Å². The van der Waals surface area contributed by atoms with Crippen LogP contribution in [0.2, 0.25) is 0 Å². The van der Waals surface area contributed by atoms with Gasteiger partial charge in [0.05, 0.1) is 11.1 Å². The highest BCUT2D eigenvalue weighted by Crippen LogP contribution is 2.30. The second-order valence-corrected chi connectivity index (χ2v) is 6.24. The molecule has 3 N–H and O–H groups in total. The van der Waals surface area contributed by atoms with Crippen LogP contribution in [-0.4, -0.2) is 17.8 Å². The number of aliphatic imine (C=N–C) groups is 1. The summed E-state index contributed by atoms with van der Waals surface area (Å²) >= 11 is 0. The molecule has 32 heavy (non-hydrogen) atoms. The lowest BCUT2D eigenvalue weighted by molar-refractivity contribution is -0.138. The number of hydrogen-bond acceptors (Lipinski definition) is 2. The standard InChI is InChI=1S/C21H15F6N3O2/c22-20(23,24)15-5-1-3-13(11-15)7-9-17(31)29-19(28)30-18(32)10-8-14-4-2-6-16(12-14)21(25,26)27/h1-12H,(H3,28,29,30,31,32). The van der Waals surface area contributed by atoms with E-state index in [9.17, 15) is 35.9 Å². The van der Waals surface area contributed by atoms with Crippen molar-refractivity contribution in [2.45, 2.75) is 12.4 Å². The second-order valence-electron chi connectivity index (χ2n) is 6.24. The van der Waals surface area contributed by atoms with Crippen molar-refractivity contribution in [3.8, 4) is 0 Å². The Morgan fingerprint density at radius 2 is 1.28 bits per heavy atom. The minimum absolute atomic E-state index is 0.0926. The predicted molar refractivity (Wildman–Crippen MR) is 106 cm³/mol. The molecule has 5 nitrogen and oxygen atoms in total. The maximum absolute atomic E-state index is 12.7. The van der Waals surface area contributed by atoms with Crippen LogP contribution in [0.5, 0.6) is 0 Å². The molecular weight excluding hydrogens is 440 g/mol. The molecule has 0 spiro atoms. The molecule has 0 aliphatic rings. The van der Waals surface area contributed by atoms with Crippen LogP contribution in [0, 0.1) is 0 Å². The summed E-state index contributed by atoms with van der Waals surface area (Å²) in [7, 11) is 0. The fourth-order valence-electron chi connectivity index (χ4n) is 2.33. The third kappa shape index (κ3) is 7.74. The molecule has 0 saturated heterocycles. The molecule has 11 heteroatoms. The van der Waals surface area contributed by atoms with Crippen LogP contribution in [-0.2, 0) is 21.9 Å². The highest BCUT2D eigenvalue weighted by Gasteiger charge is 2.30. The first kappa shape index (κ1) is 24.4. The van der Waals surface area contributed by atoms with E-state index in [1.807, 2.05) is 5.32 Å². The van der Waals surface area contributed by atoms with E-state index in [1.165, 1.54) is 24.3 Å². The molecule has 2 aromatic rings. The first-order valence-corrected chi connectivity index (χ1v) is 8.74. The first-order chi connectivity index (χ1) is 14.8. The summed E-state index contributed by atoms with van der Waals surface area (Å²) in [6.45, 7) is 0. The molecule has 2 amide bonds. The van der Waals surface area contributed by atoms with Crippen LogP contribution in [0.3, 0.4) is 0 Å². The SMILES string of the molecule is NC(=NC(=O)C=Cc1cccc(C(F)(F)F)c1)NC(=O)C=Cc1cccc(C(F)(F)F)c1. The van der Waals surface area contributed by atoms with Crippen molar-refractivity contribution in [3.05, 3.63) is 82.9 Å². The largest absolute Gasteiger partial charge is 0.416 e. The van der Waals surface area contributed by atoms with Crippen LogP contribution in [0.1, 0.15) is 22.3 Å². The van der Waals surface area contributed by atoms with Crippen molar-refractivity contribution in [2.24, 2.45) is 10.7 Å². The van der Waals surface area contributed by atoms with E-state index in [4.69, 9.17) is 5.73 Å². The number of nitrogens with one attached hydrogen (secondary N) is 1. The maximum Gasteiger partial charge on any atom is 0.416 e. The zero-order valence-electron chi connectivity index (χ0n) is 16.0. The number of carbonyl (C=O) groups is 2. The Morgan fingerprint density at radius 1 is 0.812 bits per heavy atom. The van der Waals surface area contributed by atoms with E-state index in [0.29, 0.717) is 0 Å². The number of nitrogens with zero attached hydrogens (tertiary/aromatic N) is 1. The van der Waals surface area contributed by atoms with Crippen LogP contribution >= 0.6 is 0 Å². The van der Waals surface area contributed by atoms with Crippen molar-refractivity contribution >= 4 is 29.9 Å². The third-order valence-electron chi connectivity index (χ3n) is 3.76. The van der Waals surface area contributed by atoms with Crippen molar-refractivity contribution < 1.29 is 35.9 Å². The number of carbonyl (C=O) groups excluding carboxylic acids is 2. The molecule has 0 aromatic heterocycles. The van der Waals surface area contributed by atoms with Gasteiger partial charge in [-0.25, -0.2) is 0 Å². The fraction of sp³-hybridized carbons (Fsp3) is 0.0952. The highest BCUT2D eigenvalue weighted by atomic mass is 19.4. The van der Waals surface area contributed by atoms with Gasteiger partial charge in [-0.1, -0.05) is 24.3 Å². The number of rotatable bonds is 4. The third-order valence-corrected chi connectivity index (χ3v) is 3.76. The molecule has 0 heterocycles. The summed E-state index contributed by atoms with van der Waals surface area (Å²) in [4.78, 5) is 26.9. The summed E-state index contributed by atoms with van der Waals surface area (Å²) in [6.07, 6.45) is -5.14. The summed E-state index contributed by atoms with van der Waals surface area (Å²) in [5, 5.41) is 2.03. The Balaban J connectivity index is 1.98. The zero-order chi connectivity index (χ0) is 23.9. The van der Waals surface area contributed by atoms with E-state index in [2.05, 4.69) is 4.99 Å². The monoisotopic (exact) mass is 455 g/mol. The molecule has 0 saturated carbocycles. The summed E-state index contributed by atoms with van der Waals surface area (Å²) in [6, 6.07) is 8.44. The summed E-state index contributed by atoms with van der Waals surface area (Å²) in [5.74, 6) is -2.43. The average molecular weight is 455 g/mol. The molecule has 0 aliphatic carbocycles. The van der Waals surface area contributed by atoms with Crippen molar-refractivity contribution in [3.63, 3.8) is 0 Å². The van der Waals surface area contributed by atoms with Crippen LogP contribution in [0.4, 0.5) is 26.3 Å². The minimum atomic E-state index is -4.54. The normalized spacial score (nSPS) is 13.0. The predicted octanol–water partition coefficient (Wildman–Crippen LogP) is 4.41. The Hall–Kier alpha value is -3.89. The second kappa shape index (κ2) is 9.94.